The monoisotopic (exact) mass is 484 g/mol. The molecular formula is C17H14Br2N2O5. The van der Waals surface area contributed by atoms with Gasteiger partial charge in [-0.1, -0.05) is 12.1 Å². The molecule has 1 amide bonds. The highest BCUT2D eigenvalue weighted by Gasteiger charge is 2.27. The number of hydrogen-bond acceptors (Lipinski definition) is 6. The Morgan fingerprint density at radius 3 is 2.81 bits per heavy atom. The molecule has 2 aromatic carbocycles. The number of hydrazone groups is 1. The molecule has 0 fully saturated rings. The molecule has 2 N–H and O–H groups in total. The third kappa shape index (κ3) is 3.78. The Bertz CT molecular complexity index is 872. The number of para-hydroxylation sites is 2. The number of carbonyl (C=O) groups is 1. The van der Waals surface area contributed by atoms with Crippen LogP contribution in [-0.4, -0.2) is 37.0 Å². The van der Waals surface area contributed by atoms with E-state index < -0.39 is 12.0 Å². The van der Waals surface area contributed by atoms with Crippen LogP contribution < -0.4 is 19.6 Å². The molecule has 0 aliphatic carbocycles. The van der Waals surface area contributed by atoms with Gasteiger partial charge in [-0.25, -0.2) is 5.43 Å². The molecular weight excluding hydrogens is 472 g/mol. The number of carbonyl (C=O) groups excluding carboxylic acids is 1. The Labute approximate surface area is 166 Å². The number of phenolic OH excluding ortho intramolecular Hbond substituents is 1. The maximum absolute atomic E-state index is 12.2. The average Bonchev–Trinajstić information content (AvgIpc) is 2.67. The van der Waals surface area contributed by atoms with E-state index in [4.69, 9.17) is 14.2 Å². The van der Waals surface area contributed by atoms with Crippen LogP contribution in [0.25, 0.3) is 0 Å². The van der Waals surface area contributed by atoms with E-state index >= 15 is 0 Å². The zero-order chi connectivity index (χ0) is 18.7. The molecule has 1 atom stereocenters. The normalized spacial score (nSPS) is 15.7. The van der Waals surface area contributed by atoms with Crippen LogP contribution in [0.5, 0.6) is 23.0 Å². The largest absolute Gasteiger partial charge is 0.503 e. The summed E-state index contributed by atoms with van der Waals surface area (Å²) < 4.78 is 17.2. The summed E-state index contributed by atoms with van der Waals surface area (Å²) in [4.78, 5) is 12.2. The lowest BCUT2D eigenvalue weighted by Crippen LogP contribution is -2.42. The van der Waals surface area contributed by atoms with Crippen molar-refractivity contribution in [1.29, 1.82) is 0 Å². The Kier molecular flexibility index (Phi) is 5.67. The van der Waals surface area contributed by atoms with Gasteiger partial charge in [-0.05, 0) is 50.1 Å². The van der Waals surface area contributed by atoms with Crippen molar-refractivity contribution >= 4 is 44.0 Å². The lowest BCUT2D eigenvalue weighted by atomic mass is 10.2. The summed E-state index contributed by atoms with van der Waals surface area (Å²) in [6.45, 7) is 0.0979. The molecule has 26 heavy (non-hydrogen) atoms. The SMILES string of the molecule is COc1cc(/C=N/NC(=O)C2COc3ccccc3O2)c(Br)c(Br)c1O. The van der Waals surface area contributed by atoms with Crippen LogP contribution in [0.1, 0.15) is 5.56 Å². The van der Waals surface area contributed by atoms with E-state index in [0.29, 0.717) is 26.0 Å². The molecule has 136 valence electrons. The summed E-state index contributed by atoms with van der Waals surface area (Å²) in [6.07, 6.45) is 0.623. The van der Waals surface area contributed by atoms with E-state index in [1.54, 1.807) is 24.3 Å². The quantitative estimate of drug-likeness (QED) is 0.512. The number of amides is 1. The third-order valence-electron chi connectivity index (χ3n) is 3.57. The summed E-state index contributed by atoms with van der Waals surface area (Å²) in [5.41, 5.74) is 3.01. The highest BCUT2D eigenvalue weighted by Crippen LogP contribution is 2.41. The summed E-state index contributed by atoms with van der Waals surface area (Å²) in [5, 5.41) is 13.9. The number of hydrogen-bond donors (Lipinski definition) is 2. The van der Waals surface area contributed by atoms with E-state index in [1.807, 2.05) is 6.07 Å². The van der Waals surface area contributed by atoms with Crippen LogP contribution in [0.2, 0.25) is 0 Å². The molecule has 0 aromatic heterocycles. The fraction of sp³-hybridized carbons (Fsp3) is 0.176. The minimum atomic E-state index is -0.799. The maximum Gasteiger partial charge on any atom is 0.284 e. The number of nitrogens with one attached hydrogen (secondary N) is 1. The number of nitrogens with zero attached hydrogens (tertiary/aromatic N) is 1. The standard InChI is InChI=1S/C17H14Br2N2O5/c1-24-12-6-9(14(18)15(19)16(12)22)7-20-21-17(23)13-8-25-10-4-2-3-5-11(10)26-13/h2-7,13,22H,8H2,1H3,(H,21,23)/b20-7+. The van der Waals surface area contributed by atoms with E-state index in [9.17, 15) is 9.90 Å². The van der Waals surface area contributed by atoms with Gasteiger partial charge in [-0.15, -0.1) is 0 Å². The van der Waals surface area contributed by atoms with Crippen molar-refractivity contribution in [2.75, 3.05) is 13.7 Å². The van der Waals surface area contributed by atoms with E-state index in [1.165, 1.54) is 13.3 Å². The Morgan fingerprint density at radius 1 is 1.35 bits per heavy atom. The minimum absolute atomic E-state index is 0.0352. The number of rotatable bonds is 4. The number of aromatic hydroxyl groups is 1. The van der Waals surface area contributed by atoms with Crippen molar-refractivity contribution in [2.24, 2.45) is 5.10 Å². The number of benzene rings is 2. The van der Waals surface area contributed by atoms with Crippen LogP contribution in [0.4, 0.5) is 0 Å². The molecule has 0 saturated carbocycles. The highest BCUT2D eigenvalue weighted by atomic mass is 79.9. The number of phenols is 1. The first-order valence-corrected chi connectivity index (χ1v) is 9.06. The van der Waals surface area contributed by atoms with Gasteiger partial charge in [0.15, 0.2) is 23.0 Å². The first-order chi connectivity index (χ1) is 12.5. The number of fused-ring (bicyclic) bond motifs is 1. The molecule has 1 aliphatic heterocycles. The van der Waals surface area contributed by atoms with Crippen LogP contribution in [-0.2, 0) is 4.79 Å². The van der Waals surface area contributed by atoms with Crippen LogP contribution >= 0.6 is 31.9 Å². The van der Waals surface area contributed by atoms with Crippen molar-refractivity contribution in [2.45, 2.75) is 6.10 Å². The van der Waals surface area contributed by atoms with Gasteiger partial charge >= 0.3 is 0 Å². The van der Waals surface area contributed by atoms with Crippen molar-refractivity contribution in [3.63, 3.8) is 0 Å². The van der Waals surface area contributed by atoms with Gasteiger partial charge in [0, 0.05) is 10.0 Å². The van der Waals surface area contributed by atoms with Gasteiger partial charge in [-0.2, -0.15) is 5.10 Å². The molecule has 1 aliphatic rings. The van der Waals surface area contributed by atoms with Gasteiger partial charge in [0.05, 0.1) is 17.8 Å². The molecule has 2 aromatic rings. The van der Waals surface area contributed by atoms with Gasteiger partial charge in [0.25, 0.3) is 5.91 Å². The van der Waals surface area contributed by atoms with Crippen LogP contribution in [0.3, 0.4) is 0 Å². The van der Waals surface area contributed by atoms with E-state index in [-0.39, 0.29) is 18.1 Å². The predicted octanol–water partition coefficient (Wildman–Crippen LogP) is 3.22. The summed E-state index contributed by atoms with van der Waals surface area (Å²) in [5.74, 6) is 0.917. The van der Waals surface area contributed by atoms with E-state index in [2.05, 4.69) is 42.4 Å². The van der Waals surface area contributed by atoms with Crippen molar-refractivity contribution in [3.8, 4) is 23.0 Å². The third-order valence-corrected chi connectivity index (χ3v) is 5.73. The summed E-state index contributed by atoms with van der Waals surface area (Å²) in [6, 6.07) is 8.71. The number of methoxy groups -OCH3 is 1. The average molecular weight is 486 g/mol. The molecule has 1 unspecified atom stereocenters. The van der Waals surface area contributed by atoms with Gasteiger partial charge in [-0.3, -0.25) is 4.79 Å². The summed E-state index contributed by atoms with van der Waals surface area (Å²) >= 11 is 6.60. The fourth-order valence-electron chi connectivity index (χ4n) is 2.25. The molecule has 3 rings (SSSR count). The predicted molar refractivity (Wildman–Crippen MR) is 102 cm³/mol. The van der Waals surface area contributed by atoms with Crippen molar-refractivity contribution in [3.05, 3.63) is 44.8 Å². The smallest absolute Gasteiger partial charge is 0.284 e. The first kappa shape index (κ1) is 18.5. The zero-order valence-electron chi connectivity index (χ0n) is 13.5. The second-order valence-electron chi connectivity index (χ2n) is 5.24. The van der Waals surface area contributed by atoms with Crippen molar-refractivity contribution in [1.82, 2.24) is 5.43 Å². The van der Waals surface area contributed by atoms with Crippen LogP contribution in [0, 0.1) is 0 Å². The van der Waals surface area contributed by atoms with Crippen LogP contribution in [0.15, 0.2) is 44.4 Å². The molecule has 1 heterocycles. The lowest BCUT2D eigenvalue weighted by molar-refractivity contribution is -0.130. The second kappa shape index (κ2) is 7.96. The van der Waals surface area contributed by atoms with Gasteiger partial charge in [0.1, 0.15) is 6.61 Å². The number of halogens is 2. The molecule has 0 saturated heterocycles. The summed E-state index contributed by atoms with van der Waals surface area (Å²) in [7, 11) is 1.44. The maximum atomic E-state index is 12.2. The first-order valence-electron chi connectivity index (χ1n) is 7.47. The topological polar surface area (TPSA) is 89.4 Å². The van der Waals surface area contributed by atoms with Gasteiger partial charge < -0.3 is 19.3 Å². The minimum Gasteiger partial charge on any atom is -0.503 e. The molecule has 0 bridgehead atoms. The van der Waals surface area contributed by atoms with Gasteiger partial charge in [0.2, 0.25) is 6.10 Å². The lowest BCUT2D eigenvalue weighted by Gasteiger charge is -2.24. The molecule has 0 radical (unpaired) electrons. The molecule has 0 spiro atoms. The zero-order valence-corrected chi connectivity index (χ0v) is 16.7. The highest BCUT2D eigenvalue weighted by molar-refractivity contribution is 9.13. The molecule has 7 nitrogen and oxygen atoms in total. The Hall–Kier alpha value is -2.26. The second-order valence-corrected chi connectivity index (χ2v) is 6.83. The Morgan fingerprint density at radius 2 is 2.08 bits per heavy atom. The number of ether oxygens (including phenoxy) is 3. The van der Waals surface area contributed by atoms with E-state index in [0.717, 1.165) is 0 Å². The Balaban J connectivity index is 1.68. The fourth-order valence-corrected chi connectivity index (χ4v) is 3.08. The van der Waals surface area contributed by atoms with Crippen molar-refractivity contribution < 1.29 is 24.1 Å². The molecule has 9 heteroatoms.